The van der Waals surface area contributed by atoms with Gasteiger partial charge in [-0.1, -0.05) is 24.3 Å². The number of aromatic nitrogens is 2. The van der Waals surface area contributed by atoms with Gasteiger partial charge in [-0.25, -0.2) is 4.68 Å². The SMILES string of the molecule is Cc1ccccc1-n1nc(C)c2cc(C(=O)N3CCN(c4cccc(C(F)(F)F)c4)CC3)sc21. The maximum Gasteiger partial charge on any atom is 0.416 e. The number of thiophene rings is 1. The molecule has 0 bridgehead atoms. The third kappa shape index (κ3) is 4.04. The predicted molar refractivity (Wildman–Crippen MR) is 128 cm³/mol. The summed E-state index contributed by atoms with van der Waals surface area (Å²) in [6.45, 7) is 5.83. The molecule has 1 amide bonds. The summed E-state index contributed by atoms with van der Waals surface area (Å²) < 4.78 is 41.1. The van der Waals surface area contributed by atoms with Crippen LogP contribution in [0.3, 0.4) is 0 Å². The smallest absolute Gasteiger partial charge is 0.368 e. The van der Waals surface area contributed by atoms with Gasteiger partial charge in [-0.3, -0.25) is 4.79 Å². The highest BCUT2D eigenvalue weighted by atomic mass is 32.1. The zero-order valence-corrected chi connectivity index (χ0v) is 19.6. The third-order valence-corrected chi connectivity index (χ3v) is 7.30. The number of para-hydroxylation sites is 1. The highest BCUT2D eigenvalue weighted by Crippen LogP contribution is 2.33. The lowest BCUT2D eigenvalue weighted by Gasteiger charge is -2.36. The second-order valence-electron chi connectivity index (χ2n) is 8.44. The van der Waals surface area contributed by atoms with Gasteiger partial charge in [-0.05, 0) is 49.7 Å². The molecule has 1 saturated heterocycles. The fourth-order valence-electron chi connectivity index (χ4n) is 4.32. The van der Waals surface area contributed by atoms with Gasteiger partial charge in [0.2, 0.25) is 0 Å². The minimum Gasteiger partial charge on any atom is -0.368 e. The second kappa shape index (κ2) is 8.47. The van der Waals surface area contributed by atoms with Crippen molar-refractivity contribution in [2.75, 3.05) is 31.1 Å². The van der Waals surface area contributed by atoms with Crippen molar-refractivity contribution in [1.29, 1.82) is 0 Å². The Morgan fingerprint density at radius 3 is 2.41 bits per heavy atom. The Balaban J connectivity index is 1.34. The molecule has 5 nitrogen and oxygen atoms in total. The van der Waals surface area contributed by atoms with E-state index in [1.54, 1.807) is 11.0 Å². The lowest BCUT2D eigenvalue weighted by atomic mass is 10.1. The van der Waals surface area contributed by atoms with Crippen LogP contribution in [0.5, 0.6) is 0 Å². The number of carbonyl (C=O) groups is 1. The molecule has 9 heteroatoms. The topological polar surface area (TPSA) is 41.4 Å². The van der Waals surface area contributed by atoms with Gasteiger partial charge in [0.05, 0.1) is 21.8 Å². The first-order valence-corrected chi connectivity index (χ1v) is 11.8. The zero-order chi connectivity index (χ0) is 24.0. The molecule has 0 aliphatic carbocycles. The molecule has 1 aliphatic heterocycles. The summed E-state index contributed by atoms with van der Waals surface area (Å²) in [6, 6.07) is 15.2. The molecule has 34 heavy (non-hydrogen) atoms. The molecular formula is C25H23F3N4OS. The standard InChI is InChI=1S/C25H23F3N4OS/c1-16-6-3-4-9-21(16)32-24-20(17(2)29-32)15-22(34-24)23(33)31-12-10-30(11-13-31)19-8-5-7-18(14-19)25(26,27)28/h3-9,14-15H,10-13H2,1-2H3. The van der Waals surface area contributed by atoms with Crippen molar-refractivity contribution in [1.82, 2.24) is 14.7 Å². The molecule has 0 N–H and O–H groups in total. The average Bonchev–Trinajstić information content (AvgIpc) is 3.39. The number of carbonyl (C=O) groups excluding carboxylic acids is 1. The van der Waals surface area contributed by atoms with Gasteiger partial charge in [0.25, 0.3) is 5.91 Å². The summed E-state index contributed by atoms with van der Waals surface area (Å²) in [7, 11) is 0. The molecular weight excluding hydrogens is 461 g/mol. The first-order valence-electron chi connectivity index (χ1n) is 11.0. The monoisotopic (exact) mass is 484 g/mol. The maximum absolute atomic E-state index is 13.3. The largest absolute Gasteiger partial charge is 0.416 e. The summed E-state index contributed by atoms with van der Waals surface area (Å²) in [6.07, 6.45) is -4.37. The van der Waals surface area contributed by atoms with E-state index in [0.717, 1.165) is 33.2 Å². The quantitative estimate of drug-likeness (QED) is 0.375. The van der Waals surface area contributed by atoms with E-state index in [0.29, 0.717) is 36.7 Å². The number of alkyl halides is 3. The Morgan fingerprint density at radius 2 is 1.71 bits per heavy atom. The van der Waals surface area contributed by atoms with Gasteiger partial charge < -0.3 is 9.80 Å². The van der Waals surface area contributed by atoms with Crippen LogP contribution in [-0.4, -0.2) is 46.8 Å². The summed E-state index contributed by atoms with van der Waals surface area (Å²) >= 11 is 1.42. The minimum atomic E-state index is -4.37. The van der Waals surface area contributed by atoms with E-state index in [-0.39, 0.29) is 5.91 Å². The first kappa shape index (κ1) is 22.5. The Labute approximate surface area is 199 Å². The molecule has 0 saturated carbocycles. The van der Waals surface area contributed by atoms with Crippen LogP contribution in [-0.2, 0) is 6.18 Å². The van der Waals surface area contributed by atoms with Gasteiger partial charge in [0, 0.05) is 37.3 Å². The van der Waals surface area contributed by atoms with Crippen LogP contribution in [0.1, 0.15) is 26.5 Å². The summed E-state index contributed by atoms with van der Waals surface area (Å²) in [5.74, 6) is -0.0550. The van der Waals surface area contributed by atoms with Gasteiger partial charge in [-0.15, -0.1) is 11.3 Å². The van der Waals surface area contributed by atoms with E-state index in [1.165, 1.54) is 23.5 Å². The number of anilines is 1. The summed E-state index contributed by atoms with van der Waals surface area (Å²) in [4.78, 5) is 18.5. The number of halogens is 3. The fourth-order valence-corrected chi connectivity index (χ4v) is 5.46. The molecule has 0 spiro atoms. The van der Waals surface area contributed by atoms with E-state index >= 15 is 0 Å². The van der Waals surface area contributed by atoms with E-state index < -0.39 is 11.7 Å². The molecule has 0 radical (unpaired) electrons. The van der Waals surface area contributed by atoms with Gasteiger partial charge in [0.15, 0.2) is 0 Å². The zero-order valence-electron chi connectivity index (χ0n) is 18.8. The Kier molecular flexibility index (Phi) is 5.59. The van der Waals surface area contributed by atoms with Crippen molar-refractivity contribution >= 4 is 33.1 Å². The molecule has 2 aromatic carbocycles. The molecule has 1 fully saturated rings. The lowest BCUT2D eigenvalue weighted by Crippen LogP contribution is -2.48. The first-order chi connectivity index (χ1) is 16.2. The molecule has 4 aromatic rings. The van der Waals surface area contributed by atoms with Crippen LogP contribution in [0.2, 0.25) is 0 Å². The van der Waals surface area contributed by atoms with E-state index in [2.05, 4.69) is 5.10 Å². The Morgan fingerprint density at radius 1 is 0.971 bits per heavy atom. The van der Waals surface area contributed by atoms with Crippen molar-refractivity contribution in [3.05, 3.63) is 76.3 Å². The number of fused-ring (bicyclic) bond motifs is 1. The highest BCUT2D eigenvalue weighted by molar-refractivity contribution is 7.20. The Bertz CT molecular complexity index is 1370. The van der Waals surface area contributed by atoms with Crippen LogP contribution in [0.25, 0.3) is 15.9 Å². The number of hydrogen-bond donors (Lipinski definition) is 0. The van der Waals surface area contributed by atoms with Gasteiger partial charge in [0.1, 0.15) is 4.83 Å². The fraction of sp³-hybridized carbons (Fsp3) is 0.280. The van der Waals surface area contributed by atoms with E-state index in [9.17, 15) is 18.0 Å². The molecule has 5 rings (SSSR count). The lowest BCUT2D eigenvalue weighted by molar-refractivity contribution is -0.137. The minimum absolute atomic E-state index is 0.0550. The molecule has 0 atom stereocenters. The van der Waals surface area contributed by atoms with E-state index in [4.69, 9.17) is 0 Å². The normalized spacial score (nSPS) is 14.7. The highest BCUT2D eigenvalue weighted by Gasteiger charge is 2.31. The number of nitrogens with zero attached hydrogens (tertiary/aromatic N) is 4. The second-order valence-corrected chi connectivity index (χ2v) is 9.47. The number of amides is 1. The molecule has 1 aliphatic rings. The van der Waals surface area contributed by atoms with Crippen molar-refractivity contribution in [2.24, 2.45) is 0 Å². The average molecular weight is 485 g/mol. The van der Waals surface area contributed by atoms with Gasteiger partial charge >= 0.3 is 6.18 Å². The number of hydrogen-bond acceptors (Lipinski definition) is 4. The number of piperazine rings is 1. The molecule has 176 valence electrons. The van der Waals surface area contributed by atoms with Crippen molar-refractivity contribution < 1.29 is 18.0 Å². The van der Waals surface area contributed by atoms with Crippen LogP contribution < -0.4 is 4.90 Å². The molecule has 3 heterocycles. The van der Waals surface area contributed by atoms with Crippen molar-refractivity contribution in [2.45, 2.75) is 20.0 Å². The van der Waals surface area contributed by atoms with E-state index in [1.807, 2.05) is 53.8 Å². The van der Waals surface area contributed by atoms with Crippen LogP contribution in [0.4, 0.5) is 18.9 Å². The van der Waals surface area contributed by atoms with Crippen LogP contribution >= 0.6 is 11.3 Å². The number of benzene rings is 2. The van der Waals surface area contributed by atoms with Crippen molar-refractivity contribution in [3.63, 3.8) is 0 Å². The molecule has 0 unspecified atom stereocenters. The summed E-state index contributed by atoms with van der Waals surface area (Å²) in [5, 5.41) is 5.63. The maximum atomic E-state index is 13.3. The van der Waals surface area contributed by atoms with Crippen LogP contribution in [0, 0.1) is 13.8 Å². The Hall–Kier alpha value is -3.33. The summed E-state index contributed by atoms with van der Waals surface area (Å²) in [5.41, 5.74) is 2.81. The van der Waals surface area contributed by atoms with Crippen molar-refractivity contribution in [3.8, 4) is 5.69 Å². The van der Waals surface area contributed by atoms with Crippen LogP contribution in [0.15, 0.2) is 54.6 Å². The number of rotatable bonds is 3. The van der Waals surface area contributed by atoms with Gasteiger partial charge in [-0.2, -0.15) is 18.3 Å². The molecule has 2 aromatic heterocycles. The third-order valence-electron chi connectivity index (χ3n) is 6.20. The predicted octanol–water partition coefficient (Wildman–Crippen LogP) is 5.69. The number of aryl methyl sites for hydroxylation is 2.